The summed E-state index contributed by atoms with van der Waals surface area (Å²) in [5.41, 5.74) is 3.71. The van der Waals surface area contributed by atoms with Crippen molar-refractivity contribution < 1.29 is 19.1 Å². The summed E-state index contributed by atoms with van der Waals surface area (Å²) in [6, 6.07) is 16.3. The summed E-state index contributed by atoms with van der Waals surface area (Å²) < 4.78 is 7.95. The smallest absolute Gasteiger partial charge is 0.407 e. The first kappa shape index (κ1) is 34.5. The van der Waals surface area contributed by atoms with Crippen LogP contribution in [0.3, 0.4) is 0 Å². The fourth-order valence-corrected chi connectivity index (χ4v) is 7.03. The molecule has 254 valence electrons. The number of fused-ring (bicyclic) bond motifs is 1. The summed E-state index contributed by atoms with van der Waals surface area (Å²) in [7, 11) is 0. The van der Waals surface area contributed by atoms with Crippen molar-refractivity contribution in [3.63, 3.8) is 0 Å². The van der Waals surface area contributed by atoms with Gasteiger partial charge in [0.1, 0.15) is 17.2 Å². The second-order valence-corrected chi connectivity index (χ2v) is 14.4. The fourth-order valence-electron chi connectivity index (χ4n) is 7.03. The number of anilines is 1. The molecular formula is C38H53N5O4. The predicted octanol–water partition coefficient (Wildman–Crippen LogP) is 6.87. The number of imidazole rings is 1. The molecule has 2 aliphatic heterocycles. The van der Waals surface area contributed by atoms with Crippen LogP contribution in [0.2, 0.25) is 0 Å². The molecule has 0 radical (unpaired) electrons. The molecule has 3 aromatic rings. The van der Waals surface area contributed by atoms with E-state index in [4.69, 9.17) is 9.72 Å². The number of ether oxygens (including phenoxy) is 1. The van der Waals surface area contributed by atoms with Crippen LogP contribution in [0.25, 0.3) is 11.0 Å². The molecule has 2 aromatic carbocycles. The maximum Gasteiger partial charge on any atom is 0.407 e. The number of hydrogen-bond donors (Lipinski definition) is 1. The van der Waals surface area contributed by atoms with Crippen molar-refractivity contribution in [1.82, 2.24) is 19.8 Å². The highest BCUT2D eigenvalue weighted by molar-refractivity contribution is 5.79. The summed E-state index contributed by atoms with van der Waals surface area (Å²) in [6.07, 6.45) is 6.07. The molecule has 9 nitrogen and oxygen atoms in total. The van der Waals surface area contributed by atoms with Crippen LogP contribution in [-0.2, 0) is 27.3 Å². The van der Waals surface area contributed by atoms with Gasteiger partial charge in [0.25, 0.3) is 0 Å². The summed E-state index contributed by atoms with van der Waals surface area (Å²) in [4.78, 5) is 47.9. The minimum absolute atomic E-state index is 0.0388. The predicted molar refractivity (Wildman–Crippen MR) is 187 cm³/mol. The number of para-hydroxylation sites is 2. The minimum atomic E-state index is -0.639. The van der Waals surface area contributed by atoms with Crippen LogP contribution in [0, 0.1) is 5.92 Å². The van der Waals surface area contributed by atoms with Gasteiger partial charge in [-0.2, -0.15) is 0 Å². The van der Waals surface area contributed by atoms with E-state index in [1.165, 1.54) is 0 Å². The third-order valence-electron chi connectivity index (χ3n) is 9.55. The standard InChI is InChI=1S/C38H53N5O4/c1-6-7-21-43-34-13-9-8-12-33(34)40-36(43)30-11-10-20-42(26-30)35(45)25-31(39-37(46)47-38(3,4)5)24-28-14-16-32(17-15-28)41-22-18-29(19-23-41)27(2)44/h8-9,12-17,29-31H,6-7,10-11,18-26H2,1-5H3,(H,39,46)/t30-,31-/m1/s1. The molecular weight excluding hydrogens is 590 g/mol. The summed E-state index contributed by atoms with van der Waals surface area (Å²) in [5.74, 6) is 1.73. The van der Waals surface area contributed by atoms with Crippen molar-refractivity contribution in [2.24, 2.45) is 5.92 Å². The van der Waals surface area contributed by atoms with Gasteiger partial charge < -0.3 is 24.4 Å². The highest BCUT2D eigenvalue weighted by Crippen LogP contribution is 2.31. The lowest BCUT2D eigenvalue weighted by molar-refractivity contribution is -0.133. The zero-order valence-electron chi connectivity index (χ0n) is 29.0. The third-order valence-corrected chi connectivity index (χ3v) is 9.55. The largest absolute Gasteiger partial charge is 0.444 e. The van der Waals surface area contributed by atoms with Crippen LogP contribution >= 0.6 is 0 Å². The molecule has 2 fully saturated rings. The number of aromatic nitrogens is 2. The van der Waals surface area contributed by atoms with Crippen LogP contribution in [0.1, 0.15) is 96.9 Å². The van der Waals surface area contributed by atoms with Gasteiger partial charge in [-0.25, -0.2) is 9.78 Å². The Labute approximate surface area is 280 Å². The topological polar surface area (TPSA) is 96.8 Å². The van der Waals surface area contributed by atoms with Gasteiger partial charge in [0.05, 0.1) is 11.0 Å². The average Bonchev–Trinajstić information content (AvgIpc) is 3.42. The van der Waals surface area contributed by atoms with Crippen molar-refractivity contribution in [3.8, 4) is 0 Å². The van der Waals surface area contributed by atoms with E-state index >= 15 is 0 Å². The van der Waals surface area contributed by atoms with Crippen LogP contribution in [0.15, 0.2) is 48.5 Å². The molecule has 1 N–H and O–H groups in total. The van der Waals surface area contributed by atoms with E-state index in [1.54, 1.807) is 6.92 Å². The molecule has 47 heavy (non-hydrogen) atoms. The maximum absolute atomic E-state index is 13.9. The number of piperidine rings is 2. The van der Waals surface area contributed by atoms with Crippen molar-refractivity contribution in [2.75, 3.05) is 31.1 Å². The molecule has 3 heterocycles. The lowest BCUT2D eigenvalue weighted by atomic mass is 9.93. The third kappa shape index (κ3) is 9.14. The lowest BCUT2D eigenvalue weighted by Crippen LogP contribution is -2.46. The molecule has 0 spiro atoms. The monoisotopic (exact) mass is 643 g/mol. The molecule has 0 bridgehead atoms. The van der Waals surface area contributed by atoms with Gasteiger partial charge in [0.15, 0.2) is 0 Å². The number of rotatable bonds is 11. The molecule has 9 heteroatoms. The van der Waals surface area contributed by atoms with E-state index in [1.807, 2.05) is 31.7 Å². The molecule has 2 atom stereocenters. The van der Waals surface area contributed by atoms with Crippen molar-refractivity contribution >= 4 is 34.5 Å². The first-order valence-corrected chi connectivity index (χ1v) is 17.6. The zero-order chi connectivity index (χ0) is 33.6. The van der Waals surface area contributed by atoms with Crippen molar-refractivity contribution in [3.05, 3.63) is 59.9 Å². The van der Waals surface area contributed by atoms with Crippen molar-refractivity contribution in [1.29, 1.82) is 0 Å². The van der Waals surface area contributed by atoms with Crippen LogP contribution < -0.4 is 10.2 Å². The van der Waals surface area contributed by atoms with Crippen LogP contribution in [0.4, 0.5) is 10.5 Å². The Morgan fingerprint density at radius 1 is 1.00 bits per heavy atom. The number of carbonyl (C=O) groups is 3. The molecule has 1 aromatic heterocycles. The number of alkyl carbamates (subject to hydrolysis) is 1. The number of Topliss-reactive ketones (excluding diaryl/α,β-unsaturated/α-hetero) is 1. The highest BCUT2D eigenvalue weighted by Gasteiger charge is 2.31. The number of likely N-dealkylation sites (tertiary alicyclic amines) is 1. The molecule has 5 rings (SSSR count). The van der Waals surface area contributed by atoms with E-state index in [-0.39, 0.29) is 29.9 Å². The number of nitrogens with one attached hydrogen (secondary N) is 1. The van der Waals surface area contributed by atoms with Gasteiger partial charge in [-0.1, -0.05) is 37.6 Å². The number of hydrogen-bond acceptors (Lipinski definition) is 6. The number of unbranched alkanes of at least 4 members (excludes halogenated alkanes) is 1. The molecule has 2 amide bonds. The van der Waals surface area contributed by atoms with Crippen molar-refractivity contribution in [2.45, 2.75) is 110 Å². The fraction of sp³-hybridized carbons (Fsp3) is 0.579. The lowest BCUT2D eigenvalue weighted by Gasteiger charge is -2.34. The van der Waals surface area contributed by atoms with Gasteiger partial charge >= 0.3 is 6.09 Å². The number of ketones is 1. The van der Waals surface area contributed by atoms with Gasteiger partial charge in [-0.3, -0.25) is 9.59 Å². The quantitative estimate of drug-likeness (QED) is 0.245. The molecule has 2 saturated heterocycles. The Hall–Kier alpha value is -3.88. The van der Waals surface area contributed by atoms with Gasteiger partial charge in [0, 0.05) is 62.7 Å². The molecule has 0 aliphatic carbocycles. The number of aryl methyl sites for hydroxylation is 1. The Morgan fingerprint density at radius 3 is 2.40 bits per heavy atom. The first-order valence-electron chi connectivity index (χ1n) is 17.6. The van der Waals surface area contributed by atoms with Gasteiger partial charge in [-0.05, 0) is 96.0 Å². The number of carbonyl (C=O) groups excluding carboxylic acids is 3. The van der Waals surface area contributed by atoms with E-state index in [2.05, 4.69) is 64.2 Å². The van der Waals surface area contributed by atoms with Gasteiger partial charge in [0.2, 0.25) is 5.91 Å². The second-order valence-electron chi connectivity index (χ2n) is 14.4. The normalized spacial score (nSPS) is 18.3. The summed E-state index contributed by atoms with van der Waals surface area (Å²) >= 11 is 0. The van der Waals surface area contributed by atoms with Gasteiger partial charge in [-0.15, -0.1) is 0 Å². The van der Waals surface area contributed by atoms with E-state index < -0.39 is 17.7 Å². The second kappa shape index (κ2) is 15.3. The Balaban J connectivity index is 1.27. The minimum Gasteiger partial charge on any atom is -0.444 e. The molecule has 0 unspecified atom stereocenters. The Kier molecular flexibility index (Phi) is 11.3. The summed E-state index contributed by atoms with van der Waals surface area (Å²) in [6.45, 7) is 13.4. The Bertz CT molecular complexity index is 1520. The Morgan fingerprint density at radius 2 is 1.72 bits per heavy atom. The number of benzene rings is 2. The van der Waals surface area contributed by atoms with E-state index in [0.29, 0.717) is 19.5 Å². The SMILES string of the molecule is CCCCn1c([C@@H]2CCCN(C(=O)C[C@@H](Cc3ccc(N4CCC(C(C)=O)CC4)cc3)NC(=O)OC(C)(C)C)C2)nc2ccccc21. The zero-order valence-corrected chi connectivity index (χ0v) is 29.0. The molecule has 2 aliphatic rings. The maximum atomic E-state index is 13.9. The highest BCUT2D eigenvalue weighted by atomic mass is 16.6. The van der Waals surface area contributed by atoms with Crippen LogP contribution in [-0.4, -0.2) is 70.1 Å². The van der Waals surface area contributed by atoms with E-state index in [0.717, 1.165) is 86.3 Å². The number of amides is 2. The summed E-state index contributed by atoms with van der Waals surface area (Å²) in [5, 5.41) is 3.01. The first-order chi connectivity index (χ1) is 22.5. The van der Waals surface area contributed by atoms with E-state index in [9.17, 15) is 14.4 Å². The molecule has 0 saturated carbocycles. The number of nitrogens with zero attached hydrogens (tertiary/aromatic N) is 4. The average molecular weight is 644 g/mol. The van der Waals surface area contributed by atoms with Crippen LogP contribution in [0.5, 0.6) is 0 Å².